The fraction of sp³-hybridized carbons (Fsp3) is 0.500. The first-order valence-electron chi connectivity index (χ1n) is 10.1. The summed E-state index contributed by atoms with van der Waals surface area (Å²) in [5, 5.41) is 6.74. The molecule has 1 aromatic heterocycles. The molecule has 1 atom stereocenters. The Morgan fingerprint density at radius 1 is 1.32 bits per heavy atom. The lowest BCUT2D eigenvalue weighted by Gasteiger charge is -2.17. The van der Waals surface area contributed by atoms with Gasteiger partial charge in [-0.1, -0.05) is 12.1 Å². The first-order valence-corrected chi connectivity index (χ1v) is 10.1. The zero-order chi connectivity index (χ0) is 19.8. The van der Waals surface area contributed by atoms with Gasteiger partial charge in [-0.2, -0.15) is 0 Å². The third-order valence-corrected chi connectivity index (χ3v) is 4.82. The third kappa shape index (κ3) is 6.02. The summed E-state index contributed by atoms with van der Waals surface area (Å²) < 4.78 is 13.6. The topological polar surface area (TPSA) is 59.8 Å². The highest BCUT2D eigenvalue weighted by Gasteiger charge is 2.17. The minimum atomic E-state index is 0.492. The van der Waals surface area contributed by atoms with Crippen molar-refractivity contribution in [2.75, 3.05) is 26.4 Å². The molecular weight excluding hydrogens is 352 g/mol. The molecule has 6 heteroatoms. The molecule has 1 saturated heterocycles. The number of guanidine groups is 1. The Labute approximate surface area is 168 Å². The van der Waals surface area contributed by atoms with Gasteiger partial charge in [0.2, 0.25) is 0 Å². The smallest absolute Gasteiger partial charge is 0.191 e. The largest absolute Gasteiger partial charge is 0.493 e. The van der Waals surface area contributed by atoms with Crippen molar-refractivity contribution in [1.29, 1.82) is 0 Å². The van der Waals surface area contributed by atoms with E-state index in [9.17, 15) is 0 Å². The maximum absolute atomic E-state index is 6.14. The molecule has 1 aliphatic rings. The molecule has 2 heterocycles. The van der Waals surface area contributed by atoms with Gasteiger partial charge in [0.15, 0.2) is 5.96 Å². The molecule has 28 heavy (non-hydrogen) atoms. The van der Waals surface area contributed by atoms with Crippen LogP contribution in [-0.2, 0) is 24.9 Å². The lowest BCUT2D eigenvalue weighted by atomic mass is 10.1. The molecule has 1 unspecified atom stereocenters. The molecule has 1 aromatic carbocycles. The molecule has 0 bridgehead atoms. The number of rotatable bonds is 8. The van der Waals surface area contributed by atoms with Crippen molar-refractivity contribution < 1.29 is 9.47 Å². The summed E-state index contributed by atoms with van der Waals surface area (Å²) in [6, 6.07) is 8.45. The van der Waals surface area contributed by atoms with E-state index in [4.69, 9.17) is 14.5 Å². The second kappa shape index (κ2) is 10.2. The first-order chi connectivity index (χ1) is 13.6. The van der Waals surface area contributed by atoms with Crippen LogP contribution in [0.5, 0.6) is 5.75 Å². The maximum atomic E-state index is 6.14. The average Bonchev–Trinajstić information content (AvgIpc) is 3.35. The van der Waals surface area contributed by atoms with Crippen molar-refractivity contribution in [1.82, 2.24) is 15.2 Å². The standard InChI is InChI=1S/C22H32N4O2/c1-4-23-22(24-12-18-7-9-26(3)14-18)25-13-20-6-5-17(2)11-21(20)28-16-19-8-10-27-15-19/h5-7,9,11,14,19H,4,8,10,12-13,15-16H2,1-3H3,(H2,23,24,25). The Morgan fingerprint density at radius 2 is 2.21 bits per heavy atom. The number of aliphatic imine (C=N–C) groups is 1. The van der Waals surface area contributed by atoms with E-state index < -0.39 is 0 Å². The number of nitrogens with zero attached hydrogens (tertiary/aromatic N) is 2. The van der Waals surface area contributed by atoms with Crippen LogP contribution >= 0.6 is 0 Å². The van der Waals surface area contributed by atoms with Gasteiger partial charge in [-0.15, -0.1) is 0 Å². The Bertz CT molecular complexity index is 779. The second-order valence-corrected chi connectivity index (χ2v) is 7.39. The minimum absolute atomic E-state index is 0.492. The van der Waals surface area contributed by atoms with Crippen LogP contribution in [0.3, 0.4) is 0 Å². The van der Waals surface area contributed by atoms with Crippen molar-refractivity contribution in [2.24, 2.45) is 18.0 Å². The summed E-state index contributed by atoms with van der Waals surface area (Å²) in [7, 11) is 2.02. The SMILES string of the molecule is CCNC(=NCc1ccn(C)c1)NCc1ccc(C)cc1OCC1CCOC1. The number of hydrogen-bond donors (Lipinski definition) is 2. The molecule has 2 N–H and O–H groups in total. The second-order valence-electron chi connectivity index (χ2n) is 7.39. The van der Waals surface area contributed by atoms with E-state index in [0.29, 0.717) is 25.6 Å². The summed E-state index contributed by atoms with van der Waals surface area (Å²) in [4.78, 5) is 4.69. The van der Waals surface area contributed by atoms with Gasteiger partial charge in [-0.25, -0.2) is 4.99 Å². The van der Waals surface area contributed by atoms with E-state index in [0.717, 1.165) is 43.5 Å². The molecule has 152 valence electrons. The van der Waals surface area contributed by atoms with Crippen LogP contribution in [0.2, 0.25) is 0 Å². The summed E-state index contributed by atoms with van der Waals surface area (Å²) in [6.45, 7) is 8.65. The Kier molecular flexibility index (Phi) is 7.37. The molecule has 6 nitrogen and oxygen atoms in total. The van der Waals surface area contributed by atoms with Crippen LogP contribution < -0.4 is 15.4 Å². The third-order valence-electron chi connectivity index (χ3n) is 4.82. The minimum Gasteiger partial charge on any atom is -0.493 e. The highest BCUT2D eigenvalue weighted by Crippen LogP contribution is 2.22. The lowest BCUT2D eigenvalue weighted by molar-refractivity contribution is 0.166. The zero-order valence-electron chi connectivity index (χ0n) is 17.2. The van der Waals surface area contributed by atoms with Gasteiger partial charge in [-0.3, -0.25) is 0 Å². The number of aromatic nitrogens is 1. The normalized spacial score (nSPS) is 17.0. The van der Waals surface area contributed by atoms with Crippen molar-refractivity contribution in [3.63, 3.8) is 0 Å². The van der Waals surface area contributed by atoms with Crippen LogP contribution in [0, 0.1) is 12.8 Å². The molecule has 0 spiro atoms. The molecule has 2 aromatic rings. The van der Waals surface area contributed by atoms with Crippen LogP contribution in [0.25, 0.3) is 0 Å². The van der Waals surface area contributed by atoms with Gasteiger partial charge >= 0.3 is 0 Å². The number of benzene rings is 1. The maximum Gasteiger partial charge on any atom is 0.191 e. The highest BCUT2D eigenvalue weighted by atomic mass is 16.5. The fourth-order valence-corrected chi connectivity index (χ4v) is 3.21. The summed E-state index contributed by atoms with van der Waals surface area (Å²) in [5.41, 5.74) is 3.53. The van der Waals surface area contributed by atoms with Gasteiger partial charge in [0, 0.05) is 50.6 Å². The van der Waals surface area contributed by atoms with E-state index >= 15 is 0 Å². The average molecular weight is 385 g/mol. The molecule has 1 fully saturated rings. The lowest BCUT2D eigenvalue weighted by Crippen LogP contribution is -2.36. The number of hydrogen-bond acceptors (Lipinski definition) is 3. The zero-order valence-corrected chi connectivity index (χ0v) is 17.2. The van der Waals surface area contributed by atoms with Gasteiger partial charge in [0.1, 0.15) is 5.75 Å². The molecule has 0 radical (unpaired) electrons. The van der Waals surface area contributed by atoms with Gasteiger partial charge < -0.3 is 24.7 Å². The summed E-state index contributed by atoms with van der Waals surface area (Å²) >= 11 is 0. The molecule has 1 aliphatic heterocycles. The predicted octanol–water partition coefficient (Wildman–Crippen LogP) is 3.00. The van der Waals surface area contributed by atoms with Crippen LogP contribution in [0.1, 0.15) is 30.0 Å². The first kappa shape index (κ1) is 20.3. The van der Waals surface area contributed by atoms with Crippen molar-refractivity contribution in [2.45, 2.75) is 33.4 Å². The summed E-state index contributed by atoms with van der Waals surface area (Å²) in [6.07, 6.45) is 5.21. The molecule has 0 amide bonds. The molecular formula is C22H32N4O2. The predicted molar refractivity (Wildman–Crippen MR) is 113 cm³/mol. The number of nitrogens with one attached hydrogen (secondary N) is 2. The van der Waals surface area contributed by atoms with E-state index in [1.165, 1.54) is 11.1 Å². The number of aryl methyl sites for hydroxylation is 2. The Morgan fingerprint density at radius 3 is 2.93 bits per heavy atom. The molecule has 3 rings (SSSR count). The van der Waals surface area contributed by atoms with E-state index in [1.807, 2.05) is 17.8 Å². The van der Waals surface area contributed by atoms with Gasteiger partial charge in [0.05, 0.1) is 19.8 Å². The van der Waals surface area contributed by atoms with Gasteiger partial charge in [0.25, 0.3) is 0 Å². The van der Waals surface area contributed by atoms with E-state index in [-0.39, 0.29) is 0 Å². The Hall–Kier alpha value is -2.47. The fourth-order valence-electron chi connectivity index (χ4n) is 3.21. The van der Waals surface area contributed by atoms with Crippen molar-refractivity contribution >= 4 is 5.96 Å². The van der Waals surface area contributed by atoms with Gasteiger partial charge in [-0.05, 0) is 43.5 Å². The number of ether oxygens (including phenoxy) is 2. The van der Waals surface area contributed by atoms with Crippen LogP contribution in [0.4, 0.5) is 0 Å². The van der Waals surface area contributed by atoms with Crippen LogP contribution in [0.15, 0.2) is 41.7 Å². The van der Waals surface area contributed by atoms with Crippen molar-refractivity contribution in [3.05, 3.63) is 53.3 Å². The summed E-state index contributed by atoms with van der Waals surface area (Å²) in [5.74, 6) is 2.24. The monoisotopic (exact) mass is 384 g/mol. The molecule has 0 aliphatic carbocycles. The highest BCUT2D eigenvalue weighted by molar-refractivity contribution is 5.79. The molecule has 0 saturated carbocycles. The van der Waals surface area contributed by atoms with Crippen molar-refractivity contribution in [3.8, 4) is 5.75 Å². The van der Waals surface area contributed by atoms with E-state index in [2.05, 4.69) is 54.9 Å². The van der Waals surface area contributed by atoms with Crippen LogP contribution in [-0.4, -0.2) is 36.9 Å². The Balaban J connectivity index is 1.61. The quantitative estimate of drug-likeness (QED) is 0.543. The van der Waals surface area contributed by atoms with E-state index in [1.54, 1.807) is 0 Å².